The van der Waals surface area contributed by atoms with Crippen LogP contribution in [0.1, 0.15) is 17.5 Å². The summed E-state index contributed by atoms with van der Waals surface area (Å²) in [5.41, 5.74) is -0.413. The minimum atomic E-state index is -4.42. The summed E-state index contributed by atoms with van der Waals surface area (Å²) in [5.74, 6) is 0.181. The predicted octanol–water partition coefficient (Wildman–Crippen LogP) is 1.58. The number of halogens is 3. The monoisotopic (exact) mass is 390 g/mol. The maximum absolute atomic E-state index is 12.8. The van der Waals surface area contributed by atoms with Crippen molar-refractivity contribution in [1.29, 1.82) is 0 Å². The average molecular weight is 390 g/mol. The van der Waals surface area contributed by atoms with Gasteiger partial charge in [0.05, 0.1) is 23.5 Å². The molecular formula is C17H21F3N2O3S. The van der Waals surface area contributed by atoms with Crippen LogP contribution in [0.2, 0.25) is 0 Å². The predicted molar refractivity (Wildman–Crippen MR) is 90.4 cm³/mol. The zero-order chi connectivity index (χ0) is 18.9. The molecule has 0 unspecified atom stereocenters. The molecule has 2 aliphatic rings. The molecule has 9 heteroatoms. The van der Waals surface area contributed by atoms with Crippen molar-refractivity contribution in [2.24, 2.45) is 0 Å². The van der Waals surface area contributed by atoms with Crippen molar-refractivity contribution in [2.75, 3.05) is 37.7 Å². The normalized spacial score (nSPS) is 24.0. The Balaban J connectivity index is 1.54. The van der Waals surface area contributed by atoms with Crippen LogP contribution in [0, 0.1) is 0 Å². The molecule has 0 saturated carbocycles. The molecule has 0 aliphatic carbocycles. The molecule has 0 N–H and O–H groups in total. The fourth-order valence-electron chi connectivity index (χ4n) is 3.54. The quantitative estimate of drug-likeness (QED) is 0.786. The summed E-state index contributed by atoms with van der Waals surface area (Å²) in [6.07, 6.45) is -3.87. The smallest absolute Gasteiger partial charge is 0.340 e. The number of rotatable bonds is 3. The lowest BCUT2D eigenvalue weighted by atomic mass is 10.1. The van der Waals surface area contributed by atoms with Gasteiger partial charge < -0.3 is 4.90 Å². The van der Waals surface area contributed by atoms with Gasteiger partial charge in [-0.05, 0) is 18.1 Å². The van der Waals surface area contributed by atoms with Gasteiger partial charge in [0.2, 0.25) is 5.91 Å². The van der Waals surface area contributed by atoms with Gasteiger partial charge in [-0.3, -0.25) is 9.69 Å². The maximum atomic E-state index is 12.8. The number of amides is 1. The highest BCUT2D eigenvalue weighted by atomic mass is 32.2. The number of sulfone groups is 1. The van der Waals surface area contributed by atoms with Crippen molar-refractivity contribution in [3.05, 3.63) is 35.4 Å². The van der Waals surface area contributed by atoms with E-state index in [1.165, 1.54) is 12.1 Å². The molecule has 26 heavy (non-hydrogen) atoms. The summed E-state index contributed by atoms with van der Waals surface area (Å²) in [6, 6.07) is 4.84. The van der Waals surface area contributed by atoms with Gasteiger partial charge in [0.15, 0.2) is 9.84 Å². The molecule has 2 heterocycles. The van der Waals surface area contributed by atoms with Gasteiger partial charge in [-0.2, -0.15) is 13.2 Å². The Labute approximate surface area is 150 Å². The molecule has 1 aromatic rings. The second-order valence-corrected chi connectivity index (χ2v) is 9.08. The van der Waals surface area contributed by atoms with Crippen LogP contribution in [0.15, 0.2) is 24.3 Å². The number of carbonyl (C=O) groups is 1. The van der Waals surface area contributed by atoms with Gasteiger partial charge in [-0.1, -0.05) is 18.2 Å². The summed E-state index contributed by atoms with van der Waals surface area (Å²) in [5, 5.41) is 0. The molecule has 0 aromatic heterocycles. The van der Waals surface area contributed by atoms with E-state index in [-0.39, 0.29) is 29.9 Å². The molecule has 144 valence electrons. The van der Waals surface area contributed by atoms with Crippen LogP contribution in [0.5, 0.6) is 0 Å². The number of nitrogens with zero attached hydrogens (tertiary/aromatic N) is 2. The maximum Gasteiger partial charge on any atom is 0.416 e. The SMILES string of the molecule is O=C(Cc1cccc(C(F)(F)F)c1)N1CCN([C@H]2CCS(=O)(=O)C2)CC1. The Bertz CT molecular complexity index is 772. The lowest BCUT2D eigenvalue weighted by molar-refractivity contribution is -0.138. The van der Waals surface area contributed by atoms with E-state index in [1.807, 2.05) is 0 Å². The number of hydrogen-bond donors (Lipinski definition) is 0. The zero-order valence-electron chi connectivity index (χ0n) is 14.2. The minimum absolute atomic E-state index is 0.0146. The molecular weight excluding hydrogens is 369 g/mol. The molecule has 2 saturated heterocycles. The molecule has 0 radical (unpaired) electrons. The Morgan fingerprint density at radius 3 is 2.42 bits per heavy atom. The highest BCUT2D eigenvalue weighted by Gasteiger charge is 2.34. The Hall–Kier alpha value is -1.61. The number of benzene rings is 1. The summed E-state index contributed by atoms with van der Waals surface area (Å²) in [4.78, 5) is 16.1. The first kappa shape index (κ1) is 19.2. The molecule has 1 aromatic carbocycles. The first-order chi connectivity index (χ1) is 12.1. The van der Waals surface area contributed by atoms with Crippen molar-refractivity contribution in [1.82, 2.24) is 9.80 Å². The van der Waals surface area contributed by atoms with E-state index < -0.39 is 21.6 Å². The third-order valence-corrected chi connectivity index (χ3v) is 6.75. The van der Waals surface area contributed by atoms with E-state index in [0.29, 0.717) is 38.2 Å². The van der Waals surface area contributed by atoms with Gasteiger partial charge >= 0.3 is 6.18 Å². The topological polar surface area (TPSA) is 57.7 Å². The standard InChI is InChI=1S/C17H21F3N2O3S/c18-17(19,20)14-3-1-2-13(10-14)11-16(23)22-7-5-21(6-8-22)15-4-9-26(24,25)12-15/h1-3,10,15H,4-9,11-12H2/t15-/m0/s1. The summed E-state index contributed by atoms with van der Waals surface area (Å²) < 4.78 is 61.5. The van der Waals surface area contributed by atoms with E-state index in [0.717, 1.165) is 12.1 Å². The molecule has 0 bridgehead atoms. The number of carbonyl (C=O) groups excluding carboxylic acids is 1. The van der Waals surface area contributed by atoms with Crippen molar-refractivity contribution < 1.29 is 26.4 Å². The van der Waals surface area contributed by atoms with Crippen LogP contribution < -0.4 is 0 Å². The third kappa shape index (κ3) is 4.56. The largest absolute Gasteiger partial charge is 0.416 e. The van der Waals surface area contributed by atoms with Gasteiger partial charge in [-0.15, -0.1) is 0 Å². The number of hydrogen-bond acceptors (Lipinski definition) is 4. The van der Waals surface area contributed by atoms with Gasteiger partial charge in [-0.25, -0.2) is 8.42 Å². The fourth-order valence-corrected chi connectivity index (χ4v) is 5.31. The van der Waals surface area contributed by atoms with Crippen LogP contribution in [-0.2, 0) is 27.2 Å². The molecule has 2 fully saturated rings. The lowest BCUT2D eigenvalue weighted by Gasteiger charge is -2.37. The first-order valence-electron chi connectivity index (χ1n) is 8.52. The van der Waals surface area contributed by atoms with E-state index in [1.54, 1.807) is 4.90 Å². The molecule has 2 aliphatic heterocycles. The van der Waals surface area contributed by atoms with Crippen LogP contribution >= 0.6 is 0 Å². The van der Waals surface area contributed by atoms with E-state index >= 15 is 0 Å². The van der Waals surface area contributed by atoms with Crippen molar-refractivity contribution in [3.63, 3.8) is 0 Å². The van der Waals surface area contributed by atoms with Crippen LogP contribution in [0.25, 0.3) is 0 Å². The van der Waals surface area contributed by atoms with Crippen molar-refractivity contribution in [2.45, 2.75) is 25.1 Å². The van der Waals surface area contributed by atoms with E-state index in [4.69, 9.17) is 0 Å². The highest BCUT2D eigenvalue weighted by Crippen LogP contribution is 2.29. The van der Waals surface area contributed by atoms with Crippen LogP contribution in [0.3, 0.4) is 0 Å². The summed E-state index contributed by atoms with van der Waals surface area (Å²) in [7, 11) is -2.95. The zero-order valence-corrected chi connectivity index (χ0v) is 15.0. The second kappa shape index (κ2) is 7.19. The van der Waals surface area contributed by atoms with E-state index in [2.05, 4.69) is 4.90 Å². The summed E-state index contributed by atoms with van der Waals surface area (Å²) >= 11 is 0. The highest BCUT2D eigenvalue weighted by molar-refractivity contribution is 7.91. The van der Waals surface area contributed by atoms with Crippen molar-refractivity contribution in [3.8, 4) is 0 Å². The molecule has 0 spiro atoms. The first-order valence-corrected chi connectivity index (χ1v) is 10.3. The Morgan fingerprint density at radius 1 is 1.15 bits per heavy atom. The Morgan fingerprint density at radius 2 is 1.85 bits per heavy atom. The van der Waals surface area contributed by atoms with Crippen LogP contribution in [0.4, 0.5) is 13.2 Å². The second-order valence-electron chi connectivity index (χ2n) is 6.85. The number of piperazine rings is 1. The molecule has 1 amide bonds. The van der Waals surface area contributed by atoms with Crippen LogP contribution in [-0.4, -0.2) is 67.9 Å². The van der Waals surface area contributed by atoms with Gasteiger partial charge in [0.1, 0.15) is 0 Å². The third-order valence-electron chi connectivity index (χ3n) is 5.00. The minimum Gasteiger partial charge on any atom is -0.340 e. The molecule has 5 nitrogen and oxygen atoms in total. The van der Waals surface area contributed by atoms with Gasteiger partial charge in [0, 0.05) is 32.2 Å². The van der Waals surface area contributed by atoms with E-state index in [9.17, 15) is 26.4 Å². The number of alkyl halides is 3. The lowest BCUT2D eigenvalue weighted by Crippen LogP contribution is -2.52. The fraction of sp³-hybridized carbons (Fsp3) is 0.588. The average Bonchev–Trinajstić information content (AvgIpc) is 2.94. The van der Waals surface area contributed by atoms with Crippen molar-refractivity contribution >= 4 is 15.7 Å². The Kier molecular flexibility index (Phi) is 5.30. The van der Waals surface area contributed by atoms with Gasteiger partial charge in [0.25, 0.3) is 0 Å². The molecule has 1 atom stereocenters. The molecule has 3 rings (SSSR count). The summed E-state index contributed by atoms with van der Waals surface area (Å²) in [6.45, 7) is 2.12.